The highest BCUT2D eigenvalue weighted by atomic mass is 16.6. The Bertz CT molecular complexity index is 1710. The zero-order valence-corrected chi connectivity index (χ0v) is 25.2. The van der Waals surface area contributed by atoms with Crippen molar-refractivity contribution in [2.24, 2.45) is 0 Å². The van der Waals surface area contributed by atoms with Gasteiger partial charge in [0.1, 0.15) is 18.9 Å². The smallest absolute Gasteiger partial charge is 0.407 e. The standard InChI is InChI=1S/C36H36N4O6/c41-34(33-21-30-17-16-29(20-32(30)40-33)28-14-8-3-9-15-28)38-22-31(39-36(43)46-24-27-12-6-2-7-13-27)25-44-19-18-37-35(42)45-23-26-10-4-1-5-11-26/h1-17,20-21,31,40H,18-19,22-25H2,(H,37,42)(H,38,41)(H,39,43)/t31-/m1/s1. The van der Waals surface area contributed by atoms with Crippen LogP contribution in [0, 0.1) is 0 Å². The Hall–Kier alpha value is -5.61. The van der Waals surface area contributed by atoms with Gasteiger partial charge in [0.25, 0.3) is 5.91 Å². The first-order chi connectivity index (χ1) is 22.5. The third-order valence-corrected chi connectivity index (χ3v) is 7.07. The number of H-pyrrole nitrogens is 1. The summed E-state index contributed by atoms with van der Waals surface area (Å²) >= 11 is 0. The molecule has 236 valence electrons. The van der Waals surface area contributed by atoms with Gasteiger partial charge in [-0.05, 0) is 34.4 Å². The third kappa shape index (κ3) is 9.70. The topological polar surface area (TPSA) is 131 Å². The number of ether oxygens (including phenoxy) is 3. The van der Waals surface area contributed by atoms with E-state index in [4.69, 9.17) is 14.2 Å². The quantitative estimate of drug-likeness (QED) is 0.116. The number of nitrogens with one attached hydrogen (secondary N) is 4. The van der Waals surface area contributed by atoms with Gasteiger partial charge in [-0.1, -0.05) is 103 Å². The number of carbonyl (C=O) groups excluding carboxylic acids is 3. The van der Waals surface area contributed by atoms with Crippen LogP contribution in [0.5, 0.6) is 0 Å². The second kappa shape index (κ2) is 16.5. The largest absolute Gasteiger partial charge is 0.445 e. The van der Waals surface area contributed by atoms with Crippen molar-refractivity contribution in [1.82, 2.24) is 20.9 Å². The summed E-state index contributed by atoms with van der Waals surface area (Å²) in [5, 5.41) is 9.17. The average Bonchev–Trinajstić information content (AvgIpc) is 3.53. The van der Waals surface area contributed by atoms with E-state index in [1.807, 2.05) is 109 Å². The zero-order chi connectivity index (χ0) is 32.0. The molecule has 1 atom stereocenters. The molecule has 4 aromatic carbocycles. The lowest BCUT2D eigenvalue weighted by molar-refractivity contribution is 0.0865. The molecule has 10 nitrogen and oxygen atoms in total. The minimum absolute atomic E-state index is 0.0641. The summed E-state index contributed by atoms with van der Waals surface area (Å²) in [7, 11) is 0. The number of carbonyl (C=O) groups is 3. The highest BCUT2D eigenvalue weighted by Gasteiger charge is 2.17. The second-order valence-corrected chi connectivity index (χ2v) is 10.5. The molecule has 5 aromatic rings. The van der Waals surface area contributed by atoms with Crippen LogP contribution in [0.15, 0.2) is 115 Å². The van der Waals surface area contributed by atoms with E-state index in [9.17, 15) is 14.4 Å². The molecule has 10 heteroatoms. The highest BCUT2D eigenvalue weighted by molar-refractivity contribution is 5.98. The molecule has 0 aliphatic carbocycles. The average molecular weight is 621 g/mol. The molecule has 1 heterocycles. The number of fused-ring (bicyclic) bond motifs is 1. The Morgan fingerprint density at radius 3 is 1.98 bits per heavy atom. The summed E-state index contributed by atoms with van der Waals surface area (Å²) in [6.07, 6.45) is -1.21. The number of amides is 3. The molecule has 5 rings (SSSR count). The summed E-state index contributed by atoms with van der Waals surface area (Å²) < 4.78 is 16.3. The fourth-order valence-corrected chi connectivity index (χ4v) is 4.68. The van der Waals surface area contributed by atoms with Crippen LogP contribution in [0.3, 0.4) is 0 Å². The van der Waals surface area contributed by atoms with Crippen molar-refractivity contribution in [2.45, 2.75) is 19.3 Å². The van der Waals surface area contributed by atoms with Gasteiger partial charge >= 0.3 is 12.2 Å². The molecule has 0 bridgehead atoms. The molecule has 0 aliphatic rings. The maximum Gasteiger partial charge on any atom is 0.407 e. The van der Waals surface area contributed by atoms with Crippen molar-refractivity contribution in [3.63, 3.8) is 0 Å². The van der Waals surface area contributed by atoms with Crippen LogP contribution in [0.1, 0.15) is 21.6 Å². The van der Waals surface area contributed by atoms with E-state index in [1.165, 1.54) is 0 Å². The first kappa shape index (κ1) is 31.8. The molecule has 0 fully saturated rings. The Morgan fingerprint density at radius 2 is 1.30 bits per heavy atom. The van der Waals surface area contributed by atoms with Gasteiger partial charge in [-0.2, -0.15) is 0 Å². The van der Waals surface area contributed by atoms with Gasteiger partial charge in [0, 0.05) is 24.0 Å². The van der Waals surface area contributed by atoms with Crippen LogP contribution in [-0.2, 0) is 27.4 Å². The first-order valence-corrected chi connectivity index (χ1v) is 15.0. The van der Waals surface area contributed by atoms with Crippen LogP contribution in [0.4, 0.5) is 9.59 Å². The lowest BCUT2D eigenvalue weighted by atomic mass is 10.0. The minimum atomic E-state index is -0.645. The third-order valence-electron chi connectivity index (χ3n) is 7.07. The fourth-order valence-electron chi connectivity index (χ4n) is 4.68. The van der Waals surface area contributed by atoms with Crippen molar-refractivity contribution in [2.75, 3.05) is 26.3 Å². The van der Waals surface area contributed by atoms with Crippen molar-refractivity contribution >= 4 is 29.0 Å². The maximum absolute atomic E-state index is 13.1. The van der Waals surface area contributed by atoms with E-state index in [2.05, 4.69) is 20.9 Å². The zero-order valence-electron chi connectivity index (χ0n) is 25.2. The molecule has 46 heavy (non-hydrogen) atoms. The Balaban J connectivity index is 1.12. The number of rotatable bonds is 14. The SMILES string of the molecule is O=C(NCCOC[C@@H](CNC(=O)c1cc2ccc(-c3ccccc3)cc2[nH]1)NC(=O)OCc1ccccc1)OCc1ccccc1. The predicted molar refractivity (Wildman–Crippen MR) is 175 cm³/mol. The van der Waals surface area contributed by atoms with Crippen LogP contribution < -0.4 is 16.0 Å². The summed E-state index contributed by atoms with van der Waals surface area (Å²) in [5.41, 5.74) is 5.08. The van der Waals surface area contributed by atoms with Crippen molar-refractivity contribution in [3.05, 3.63) is 132 Å². The molecular weight excluding hydrogens is 584 g/mol. The monoisotopic (exact) mass is 620 g/mol. The van der Waals surface area contributed by atoms with Gasteiger partial charge in [0.15, 0.2) is 0 Å². The maximum atomic E-state index is 13.1. The van der Waals surface area contributed by atoms with Crippen LogP contribution >= 0.6 is 0 Å². The molecule has 0 unspecified atom stereocenters. The Morgan fingerprint density at radius 1 is 0.674 bits per heavy atom. The van der Waals surface area contributed by atoms with Crippen LogP contribution in [-0.4, -0.2) is 55.4 Å². The molecular formula is C36H36N4O6. The van der Waals surface area contributed by atoms with Crippen LogP contribution in [0.2, 0.25) is 0 Å². The van der Waals surface area contributed by atoms with Crippen molar-refractivity contribution in [3.8, 4) is 11.1 Å². The number of benzene rings is 4. The van der Waals surface area contributed by atoms with E-state index < -0.39 is 18.2 Å². The predicted octanol–water partition coefficient (Wildman–Crippen LogP) is 5.80. The van der Waals surface area contributed by atoms with E-state index >= 15 is 0 Å². The lowest BCUT2D eigenvalue weighted by Gasteiger charge is -2.19. The van der Waals surface area contributed by atoms with E-state index in [0.717, 1.165) is 33.2 Å². The molecule has 0 radical (unpaired) electrons. The summed E-state index contributed by atoms with van der Waals surface area (Å²) in [4.78, 5) is 40.9. The van der Waals surface area contributed by atoms with E-state index in [1.54, 1.807) is 6.07 Å². The highest BCUT2D eigenvalue weighted by Crippen LogP contribution is 2.24. The first-order valence-electron chi connectivity index (χ1n) is 15.0. The van der Waals surface area contributed by atoms with Gasteiger partial charge < -0.3 is 35.1 Å². The van der Waals surface area contributed by atoms with Crippen molar-refractivity contribution < 1.29 is 28.6 Å². The Labute approximate surface area is 267 Å². The van der Waals surface area contributed by atoms with Gasteiger partial charge in [0.2, 0.25) is 0 Å². The number of hydrogen-bond donors (Lipinski definition) is 4. The molecule has 4 N–H and O–H groups in total. The molecule has 0 spiro atoms. The van der Waals surface area contributed by atoms with Gasteiger partial charge in [-0.15, -0.1) is 0 Å². The second-order valence-electron chi connectivity index (χ2n) is 10.5. The Kier molecular flexibility index (Phi) is 11.4. The lowest BCUT2D eigenvalue weighted by Crippen LogP contribution is -2.47. The number of aromatic amines is 1. The van der Waals surface area contributed by atoms with Gasteiger partial charge in [-0.3, -0.25) is 4.79 Å². The normalized spacial score (nSPS) is 11.4. The fraction of sp³-hybridized carbons (Fsp3) is 0.194. The molecule has 0 aliphatic heterocycles. The molecule has 0 saturated heterocycles. The summed E-state index contributed by atoms with van der Waals surface area (Å²) in [6, 6.07) is 35.9. The minimum Gasteiger partial charge on any atom is -0.445 e. The van der Waals surface area contributed by atoms with E-state index in [0.29, 0.717) is 5.69 Å². The molecule has 3 amide bonds. The molecule has 0 saturated carbocycles. The number of alkyl carbamates (subject to hydrolysis) is 2. The van der Waals surface area contributed by atoms with Gasteiger partial charge in [-0.25, -0.2) is 9.59 Å². The summed E-state index contributed by atoms with van der Waals surface area (Å²) in [6.45, 7) is 0.768. The van der Waals surface area contributed by atoms with Gasteiger partial charge in [0.05, 0.1) is 19.3 Å². The summed E-state index contributed by atoms with van der Waals surface area (Å²) in [5.74, 6) is -0.329. The van der Waals surface area contributed by atoms with E-state index in [-0.39, 0.29) is 45.4 Å². The number of hydrogen-bond acceptors (Lipinski definition) is 6. The van der Waals surface area contributed by atoms with Crippen molar-refractivity contribution in [1.29, 1.82) is 0 Å². The van der Waals surface area contributed by atoms with Crippen LogP contribution in [0.25, 0.3) is 22.0 Å². The molecule has 1 aromatic heterocycles. The number of aromatic nitrogens is 1.